The summed E-state index contributed by atoms with van der Waals surface area (Å²) in [6, 6.07) is 3.18. The molecule has 1 atom stereocenters. The van der Waals surface area contributed by atoms with Crippen LogP contribution in [0, 0.1) is 5.92 Å². The van der Waals surface area contributed by atoms with Crippen LogP contribution in [0.4, 0.5) is 11.5 Å². The van der Waals surface area contributed by atoms with Crippen molar-refractivity contribution in [1.29, 1.82) is 0 Å². The summed E-state index contributed by atoms with van der Waals surface area (Å²) in [6.45, 7) is 4.65. The Balaban J connectivity index is 2.93. The highest BCUT2D eigenvalue weighted by Crippen LogP contribution is 2.18. The molecule has 0 aliphatic heterocycles. The zero-order valence-corrected chi connectivity index (χ0v) is 10.9. The van der Waals surface area contributed by atoms with Crippen molar-refractivity contribution < 1.29 is 9.53 Å². The number of carbonyl (C=O) groups excluding carboxylic acids is 1. The van der Waals surface area contributed by atoms with E-state index in [1.165, 1.54) is 6.07 Å². The third-order valence-electron chi connectivity index (χ3n) is 2.65. The van der Waals surface area contributed by atoms with Crippen LogP contribution in [0.2, 0.25) is 0 Å². The lowest BCUT2D eigenvalue weighted by molar-refractivity contribution is 0.0995. The lowest BCUT2D eigenvalue weighted by atomic mass is 10.1. The van der Waals surface area contributed by atoms with Crippen molar-refractivity contribution in [3.05, 3.63) is 17.8 Å². The van der Waals surface area contributed by atoms with Gasteiger partial charge in [-0.1, -0.05) is 13.8 Å². The number of methoxy groups -OCH3 is 1. The monoisotopic (exact) mass is 252 g/mol. The van der Waals surface area contributed by atoms with Crippen LogP contribution in [0.1, 0.15) is 24.3 Å². The molecule has 1 aromatic rings. The van der Waals surface area contributed by atoms with E-state index in [1.54, 1.807) is 13.2 Å². The van der Waals surface area contributed by atoms with Gasteiger partial charge in [-0.15, -0.1) is 0 Å². The lowest BCUT2D eigenvalue weighted by Crippen LogP contribution is -2.31. The number of anilines is 2. The molecule has 0 spiro atoms. The number of hydrogen-bond donors (Lipinski definition) is 3. The summed E-state index contributed by atoms with van der Waals surface area (Å²) in [5.41, 5.74) is 11.7. The standard InChI is InChI=1S/C12H20N4O2/c1-7(2)10(6-18-3)16-12-8(13)4-5-9(15-12)11(14)17/h4-5,7,10H,6,13H2,1-3H3,(H2,14,17)(H,15,16). The first-order valence-corrected chi connectivity index (χ1v) is 5.77. The normalized spacial score (nSPS) is 12.4. The molecular weight excluding hydrogens is 232 g/mol. The van der Waals surface area contributed by atoms with E-state index in [9.17, 15) is 4.79 Å². The van der Waals surface area contributed by atoms with Crippen LogP contribution < -0.4 is 16.8 Å². The second-order valence-corrected chi connectivity index (χ2v) is 4.45. The minimum atomic E-state index is -0.578. The molecule has 0 radical (unpaired) electrons. The average molecular weight is 252 g/mol. The number of amides is 1. The maximum Gasteiger partial charge on any atom is 0.267 e. The number of hydrogen-bond acceptors (Lipinski definition) is 5. The Kier molecular flexibility index (Phi) is 4.91. The minimum absolute atomic E-state index is 0.0629. The van der Waals surface area contributed by atoms with Crippen LogP contribution in [-0.4, -0.2) is 30.6 Å². The molecule has 100 valence electrons. The molecule has 1 aromatic heterocycles. The SMILES string of the molecule is COCC(Nc1nc(C(N)=O)ccc1N)C(C)C. The number of primary amides is 1. The second-order valence-electron chi connectivity index (χ2n) is 4.45. The van der Waals surface area contributed by atoms with Gasteiger partial charge >= 0.3 is 0 Å². The van der Waals surface area contributed by atoms with Gasteiger partial charge in [-0.2, -0.15) is 0 Å². The summed E-state index contributed by atoms with van der Waals surface area (Å²) < 4.78 is 5.13. The van der Waals surface area contributed by atoms with Crippen molar-refractivity contribution in [3.8, 4) is 0 Å². The molecule has 5 N–H and O–H groups in total. The van der Waals surface area contributed by atoms with Crippen molar-refractivity contribution in [2.24, 2.45) is 11.7 Å². The third-order valence-corrected chi connectivity index (χ3v) is 2.65. The van der Waals surface area contributed by atoms with Gasteiger partial charge in [0.05, 0.1) is 18.3 Å². The summed E-state index contributed by atoms with van der Waals surface area (Å²) in [4.78, 5) is 15.2. The van der Waals surface area contributed by atoms with E-state index in [0.29, 0.717) is 24.0 Å². The number of nitrogen functional groups attached to an aromatic ring is 1. The first-order chi connectivity index (χ1) is 8.45. The number of rotatable bonds is 6. The first-order valence-electron chi connectivity index (χ1n) is 5.77. The molecule has 1 heterocycles. The Morgan fingerprint density at radius 1 is 1.50 bits per heavy atom. The van der Waals surface area contributed by atoms with Crippen LogP contribution in [0.3, 0.4) is 0 Å². The van der Waals surface area contributed by atoms with E-state index >= 15 is 0 Å². The Hall–Kier alpha value is -1.82. The predicted octanol–water partition coefficient (Wildman–Crippen LogP) is 0.846. The van der Waals surface area contributed by atoms with Gasteiger partial charge in [-0.25, -0.2) is 4.98 Å². The fourth-order valence-corrected chi connectivity index (χ4v) is 1.48. The summed E-state index contributed by atoms with van der Waals surface area (Å²) >= 11 is 0. The van der Waals surface area contributed by atoms with Gasteiger partial charge in [-0.05, 0) is 18.1 Å². The van der Waals surface area contributed by atoms with Gasteiger partial charge in [0, 0.05) is 7.11 Å². The van der Waals surface area contributed by atoms with Crippen molar-refractivity contribution in [3.63, 3.8) is 0 Å². The number of nitrogens with one attached hydrogen (secondary N) is 1. The molecule has 0 saturated heterocycles. The van der Waals surface area contributed by atoms with Crippen LogP contribution in [-0.2, 0) is 4.74 Å². The number of carbonyl (C=O) groups is 1. The fourth-order valence-electron chi connectivity index (χ4n) is 1.48. The zero-order chi connectivity index (χ0) is 13.7. The van der Waals surface area contributed by atoms with E-state index < -0.39 is 5.91 Å². The smallest absolute Gasteiger partial charge is 0.267 e. The Labute approximate surface area is 107 Å². The van der Waals surface area contributed by atoms with E-state index in [1.807, 2.05) is 0 Å². The zero-order valence-electron chi connectivity index (χ0n) is 10.9. The molecular formula is C12H20N4O2. The van der Waals surface area contributed by atoms with E-state index in [4.69, 9.17) is 16.2 Å². The number of ether oxygens (including phenoxy) is 1. The number of aromatic nitrogens is 1. The molecule has 0 fully saturated rings. The Bertz CT molecular complexity index is 421. The maximum absolute atomic E-state index is 11.1. The molecule has 0 aromatic carbocycles. The van der Waals surface area contributed by atoms with Gasteiger partial charge in [0.25, 0.3) is 5.91 Å². The molecule has 0 aliphatic carbocycles. The van der Waals surface area contributed by atoms with Crippen molar-refractivity contribution in [2.75, 3.05) is 24.8 Å². The quantitative estimate of drug-likeness (QED) is 0.696. The molecule has 6 nitrogen and oxygen atoms in total. The van der Waals surface area contributed by atoms with E-state index in [0.717, 1.165) is 0 Å². The summed E-state index contributed by atoms with van der Waals surface area (Å²) in [7, 11) is 1.63. The van der Waals surface area contributed by atoms with Gasteiger partial charge in [0.15, 0.2) is 0 Å². The predicted molar refractivity (Wildman–Crippen MR) is 71.3 cm³/mol. The van der Waals surface area contributed by atoms with Crippen LogP contribution in [0.5, 0.6) is 0 Å². The van der Waals surface area contributed by atoms with Crippen LogP contribution in [0.25, 0.3) is 0 Å². The molecule has 6 heteroatoms. The Morgan fingerprint density at radius 3 is 2.67 bits per heavy atom. The minimum Gasteiger partial charge on any atom is -0.396 e. The number of nitrogens with zero attached hydrogens (tertiary/aromatic N) is 1. The van der Waals surface area contributed by atoms with Gasteiger partial charge in [0.2, 0.25) is 0 Å². The molecule has 1 unspecified atom stereocenters. The number of nitrogens with two attached hydrogens (primary N) is 2. The van der Waals surface area contributed by atoms with E-state index in [-0.39, 0.29) is 11.7 Å². The second kappa shape index (κ2) is 6.20. The first kappa shape index (κ1) is 14.2. The number of pyridine rings is 1. The fraction of sp³-hybridized carbons (Fsp3) is 0.500. The van der Waals surface area contributed by atoms with Crippen molar-refractivity contribution >= 4 is 17.4 Å². The van der Waals surface area contributed by atoms with E-state index in [2.05, 4.69) is 24.1 Å². The van der Waals surface area contributed by atoms with Gasteiger partial charge < -0.3 is 21.5 Å². The summed E-state index contributed by atoms with van der Waals surface area (Å²) in [5, 5.41) is 3.17. The summed E-state index contributed by atoms with van der Waals surface area (Å²) in [6.07, 6.45) is 0. The highest BCUT2D eigenvalue weighted by atomic mass is 16.5. The molecule has 0 aliphatic rings. The highest BCUT2D eigenvalue weighted by Gasteiger charge is 2.16. The highest BCUT2D eigenvalue weighted by molar-refractivity contribution is 5.91. The molecule has 0 saturated carbocycles. The third kappa shape index (κ3) is 3.59. The van der Waals surface area contributed by atoms with Gasteiger partial charge in [-0.3, -0.25) is 4.79 Å². The van der Waals surface area contributed by atoms with Crippen molar-refractivity contribution in [2.45, 2.75) is 19.9 Å². The molecule has 1 amide bonds. The topological polar surface area (TPSA) is 103 Å². The maximum atomic E-state index is 11.1. The Morgan fingerprint density at radius 2 is 2.17 bits per heavy atom. The largest absolute Gasteiger partial charge is 0.396 e. The van der Waals surface area contributed by atoms with Crippen molar-refractivity contribution in [1.82, 2.24) is 4.98 Å². The van der Waals surface area contributed by atoms with Crippen LogP contribution in [0.15, 0.2) is 12.1 Å². The lowest BCUT2D eigenvalue weighted by Gasteiger charge is -2.23. The molecule has 1 rings (SSSR count). The average Bonchev–Trinajstić information content (AvgIpc) is 2.30. The summed E-state index contributed by atoms with van der Waals surface area (Å²) in [5.74, 6) is 0.219. The van der Waals surface area contributed by atoms with Gasteiger partial charge in [0.1, 0.15) is 11.5 Å². The molecule has 0 bridgehead atoms. The molecule has 18 heavy (non-hydrogen) atoms. The van der Waals surface area contributed by atoms with Crippen LogP contribution >= 0.6 is 0 Å².